The third-order valence-corrected chi connectivity index (χ3v) is 1.97. The van der Waals surface area contributed by atoms with Gasteiger partial charge in [0.2, 0.25) is 5.91 Å². The smallest absolute Gasteiger partial charge is 0.222 e. The zero-order valence-electron chi connectivity index (χ0n) is 9.48. The summed E-state index contributed by atoms with van der Waals surface area (Å²) in [7, 11) is 0. The Balaban J connectivity index is 0.00000256. The van der Waals surface area contributed by atoms with E-state index in [9.17, 15) is 4.79 Å². The summed E-state index contributed by atoms with van der Waals surface area (Å²) in [5.74, 6) is 2.32. The van der Waals surface area contributed by atoms with E-state index in [1.54, 1.807) is 12.4 Å². The van der Waals surface area contributed by atoms with Crippen LogP contribution in [0.3, 0.4) is 0 Å². The number of carbonyl (C=O) groups is 1. The van der Waals surface area contributed by atoms with Gasteiger partial charge in [-0.05, 0) is 11.6 Å². The number of carbonyl (C=O) groups excluding carboxylic acids is 1. The maximum Gasteiger partial charge on any atom is 0.222 e. The van der Waals surface area contributed by atoms with Crippen LogP contribution < -0.4 is 10.6 Å². The summed E-state index contributed by atoms with van der Waals surface area (Å²) >= 11 is 0. The number of pyridine rings is 1. The van der Waals surface area contributed by atoms with E-state index < -0.39 is 0 Å². The highest BCUT2D eigenvalue weighted by Crippen LogP contribution is 1.93. The number of aromatic nitrogens is 1. The topological polar surface area (TPSA) is 54.0 Å². The van der Waals surface area contributed by atoms with Crippen molar-refractivity contribution >= 4 is 18.3 Å². The zero-order chi connectivity index (χ0) is 11.6. The average molecular weight is 254 g/mol. The molecule has 0 saturated carbocycles. The summed E-state index contributed by atoms with van der Waals surface area (Å²) in [5, 5.41) is 5.76. The number of terminal acetylenes is 1. The molecule has 0 atom stereocenters. The van der Waals surface area contributed by atoms with Gasteiger partial charge in [0.1, 0.15) is 0 Å². The Bertz CT molecular complexity index is 362. The van der Waals surface area contributed by atoms with Crippen LogP contribution in [0.5, 0.6) is 0 Å². The summed E-state index contributed by atoms with van der Waals surface area (Å²) in [6.07, 6.45) is 8.98. The Labute approximate surface area is 108 Å². The second-order valence-electron chi connectivity index (χ2n) is 3.27. The van der Waals surface area contributed by atoms with Gasteiger partial charge in [-0.25, -0.2) is 0 Å². The van der Waals surface area contributed by atoms with Gasteiger partial charge < -0.3 is 10.6 Å². The molecule has 0 spiro atoms. The second-order valence-corrected chi connectivity index (χ2v) is 3.27. The zero-order valence-corrected chi connectivity index (χ0v) is 10.3. The molecule has 1 heterocycles. The molecule has 1 rings (SSSR count). The fourth-order valence-electron chi connectivity index (χ4n) is 1.18. The van der Waals surface area contributed by atoms with Crippen molar-refractivity contribution in [1.29, 1.82) is 0 Å². The van der Waals surface area contributed by atoms with Gasteiger partial charge in [-0.2, -0.15) is 0 Å². The van der Waals surface area contributed by atoms with Crippen LogP contribution in [0, 0.1) is 12.3 Å². The largest absolute Gasteiger partial charge is 0.345 e. The normalized spacial score (nSPS) is 8.88. The lowest BCUT2D eigenvalue weighted by Gasteiger charge is -2.04. The molecule has 0 aliphatic rings. The molecule has 0 aromatic carbocycles. The fourth-order valence-corrected chi connectivity index (χ4v) is 1.18. The number of hydrogen-bond acceptors (Lipinski definition) is 3. The first kappa shape index (κ1) is 15.4. The van der Waals surface area contributed by atoms with Gasteiger partial charge in [-0.3, -0.25) is 9.78 Å². The molecule has 0 aliphatic carbocycles. The molecule has 4 nitrogen and oxygen atoms in total. The van der Waals surface area contributed by atoms with E-state index in [0.717, 1.165) is 12.1 Å². The van der Waals surface area contributed by atoms with Gasteiger partial charge in [0.25, 0.3) is 0 Å². The Kier molecular flexibility index (Phi) is 8.75. The van der Waals surface area contributed by atoms with Crippen LogP contribution in [0.25, 0.3) is 0 Å². The number of amides is 1. The highest BCUT2D eigenvalue weighted by molar-refractivity contribution is 5.85. The molecular weight excluding hydrogens is 238 g/mol. The van der Waals surface area contributed by atoms with Crippen molar-refractivity contribution in [2.45, 2.75) is 13.0 Å². The van der Waals surface area contributed by atoms with E-state index in [4.69, 9.17) is 6.42 Å². The molecule has 1 aromatic rings. The maximum absolute atomic E-state index is 11.2. The lowest BCUT2D eigenvalue weighted by Crippen LogP contribution is -2.27. The summed E-state index contributed by atoms with van der Waals surface area (Å²) in [6.45, 7) is 1.64. The van der Waals surface area contributed by atoms with Gasteiger partial charge >= 0.3 is 0 Å². The summed E-state index contributed by atoms with van der Waals surface area (Å²) in [6, 6.07) is 3.87. The van der Waals surface area contributed by atoms with Crippen molar-refractivity contribution in [3.63, 3.8) is 0 Å². The molecule has 0 unspecified atom stereocenters. The second kappa shape index (κ2) is 9.64. The number of hydrogen-bond donors (Lipinski definition) is 2. The van der Waals surface area contributed by atoms with Gasteiger partial charge in [-0.1, -0.05) is 12.0 Å². The highest BCUT2D eigenvalue weighted by atomic mass is 35.5. The van der Waals surface area contributed by atoms with Crippen molar-refractivity contribution in [3.05, 3.63) is 30.1 Å². The molecule has 0 fully saturated rings. The summed E-state index contributed by atoms with van der Waals surface area (Å²) in [4.78, 5) is 15.2. The third kappa shape index (κ3) is 7.34. The highest BCUT2D eigenvalue weighted by Gasteiger charge is 1.98. The Morgan fingerprint density at radius 3 is 3.00 bits per heavy atom. The molecule has 1 aromatic heterocycles. The van der Waals surface area contributed by atoms with E-state index in [2.05, 4.69) is 21.5 Å². The standard InChI is InChI=1S/C12H15N3O.ClH/c1-2-6-15-12(16)5-8-14-10-11-4-3-7-13-9-11;/h1,3-4,7,9,14H,5-6,8,10H2,(H,15,16);1H. The molecule has 0 bridgehead atoms. The third-order valence-electron chi connectivity index (χ3n) is 1.97. The molecule has 0 radical (unpaired) electrons. The summed E-state index contributed by atoms with van der Waals surface area (Å²) in [5.41, 5.74) is 1.10. The van der Waals surface area contributed by atoms with Crippen LogP contribution in [0.4, 0.5) is 0 Å². The predicted octanol–water partition coefficient (Wildman–Crippen LogP) is 0.732. The molecule has 2 N–H and O–H groups in total. The van der Waals surface area contributed by atoms with Crippen LogP contribution in [0.15, 0.2) is 24.5 Å². The van der Waals surface area contributed by atoms with Crippen LogP contribution >= 0.6 is 12.4 Å². The van der Waals surface area contributed by atoms with Crippen molar-refractivity contribution in [1.82, 2.24) is 15.6 Å². The molecule has 5 heteroatoms. The molecule has 1 amide bonds. The van der Waals surface area contributed by atoms with Crippen molar-refractivity contribution in [3.8, 4) is 12.3 Å². The Morgan fingerprint density at radius 1 is 1.53 bits per heavy atom. The molecule has 17 heavy (non-hydrogen) atoms. The first-order chi connectivity index (χ1) is 7.83. The number of nitrogens with one attached hydrogen (secondary N) is 2. The minimum Gasteiger partial charge on any atom is -0.345 e. The van der Waals surface area contributed by atoms with Crippen molar-refractivity contribution in [2.24, 2.45) is 0 Å². The maximum atomic E-state index is 11.2. The monoisotopic (exact) mass is 253 g/mol. The molecule has 92 valence electrons. The lowest BCUT2D eigenvalue weighted by molar-refractivity contribution is -0.120. The van der Waals surface area contributed by atoms with E-state index >= 15 is 0 Å². The summed E-state index contributed by atoms with van der Waals surface area (Å²) < 4.78 is 0. The van der Waals surface area contributed by atoms with Crippen LogP contribution in [-0.4, -0.2) is 24.0 Å². The Morgan fingerprint density at radius 2 is 2.35 bits per heavy atom. The van der Waals surface area contributed by atoms with Crippen LogP contribution in [0.2, 0.25) is 0 Å². The van der Waals surface area contributed by atoms with Crippen molar-refractivity contribution < 1.29 is 4.79 Å². The quantitative estimate of drug-likeness (QED) is 0.581. The van der Waals surface area contributed by atoms with Crippen molar-refractivity contribution in [2.75, 3.05) is 13.1 Å². The lowest BCUT2D eigenvalue weighted by atomic mass is 10.3. The van der Waals surface area contributed by atoms with Crippen LogP contribution in [-0.2, 0) is 11.3 Å². The van der Waals surface area contributed by atoms with E-state index in [0.29, 0.717) is 19.5 Å². The average Bonchev–Trinajstić information content (AvgIpc) is 2.33. The molecule has 0 saturated heterocycles. The number of nitrogens with zero attached hydrogens (tertiary/aromatic N) is 1. The minimum atomic E-state index is -0.0309. The number of rotatable bonds is 6. The molecule has 0 aliphatic heterocycles. The van der Waals surface area contributed by atoms with Gasteiger partial charge in [0, 0.05) is 31.9 Å². The first-order valence-corrected chi connectivity index (χ1v) is 5.12. The predicted molar refractivity (Wildman–Crippen MR) is 69.7 cm³/mol. The van der Waals surface area contributed by atoms with Crippen LogP contribution in [0.1, 0.15) is 12.0 Å². The van der Waals surface area contributed by atoms with Gasteiger partial charge in [0.15, 0.2) is 0 Å². The van der Waals surface area contributed by atoms with E-state index in [1.807, 2.05) is 12.1 Å². The van der Waals surface area contributed by atoms with Gasteiger partial charge in [-0.15, -0.1) is 18.8 Å². The SMILES string of the molecule is C#CCNC(=O)CCNCc1cccnc1.Cl. The minimum absolute atomic E-state index is 0. The Hall–Kier alpha value is -1.57. The number of halogens is 1. The van der Waals surface area contributed by atoms with E-state index in [1.165, 1.54) is 0 Å². The fraction of sp³-hybridized carbons (Fsp3) is 0.333. The first-order valence-electron chi connectivity index (χ1n) is 5.12. The van der Waals surface area contributed by atoms with Gasteiger partial charge in [0.05, 0.1) is 6.54 Å². The molecular formula is C12H16ClN3O. The van der Waals surface area contributed by atoms with E-state index in [-0.39, 0.29) is 18.3 Å².